The maximum absolute atomic E-state index is 13.4. The first-order valence-electron chi connectivity index (χ1n) is 6.27. The molecule has 4 nitrogen and oxygen atoms in total. The summed E-state index contributed by atoms with van der Waals surface area (Å²) in [7, 11) is 0. The zero-order chi connectivity index (χ0) is 14.0. The van der Waals surface area contributed by atoms with Crippen molar-refractivity contribution in [2.75, 3.05) is 0 Å². The van der Waals surface area contributed by atoms with Gasteiger partial charge in [0.2, 0.25) is 0 Å². The Hall–Kier alpha value is -1.91. The van der Waals surface area contributed by atoms with E-state index in [2.05, 4.69) is 5.32 Å². The number of hydrogen-bond donors (Lipinski definition) is 2. The Morgan fingerprint density at radius 1 is 1.47 bits per heavy atom. The Morgan fingerprint density at radius 3 is 2.68 bits per heavy atom. The molecule has 1 atom stereocenters. The van der Waals surface area contributed by atoms with Crippen LogP contribution in [0.5, 0.6) is 0 Å². The first kappa shape index (κ1) is 13.5. The van der Waals surface area contributed by atoms with Crippen LogP contribution in [0.4, 0.5) is 4.39 Å². The number of carboxylic acids is 1. The van der Waals surface area contributed by atoms with Crippen LogP contribution in [0.1, 0.15) is 35.2 Å². The van der Waals surface area contributed by atoms with Gasteiger partial charge in [-0.2, -0.15) is 0 Å². The van der Waals surface area contributed by atoms with Crippen molar-refractivity contribution in [3.63, 3.8) is 0 Å². The van der Waals surface area contributed by atoms with Gasteiger partial charge in [0.25, 0.3) is 5.91 Å². The number of carbonyl (C=O) groups is 2. The number of benzene rings is 1. The molecule has 0 bridgehead atoms. The van der Waals surface area contributed by atoms with E-state index in [1.807, 2.05) is 0 Å². The average molecular weight is 265 g/mol. The Kier molecular flexibility index (Phi) is 3.83. The highest BCUT2D eigenvalue weighted by atomic mass is 19.1. The quantitative estimate of drug-likeness (QED) is 0.857. The summed E-state index contributed by atoms with van der Waals surface area (Å²) in [6.07, 6.45) is 2.47. The van der Waals surface area contributed by atoms with Gasteiger partial charge < -0.3 is 10.4 Å². The van der Waals surface area contributed by atoms with Gasteiger partial charge in [0.05, 0.1) is 0 Å². The minimum atomic E-state index is -1.05. The molecule has 0 heterocycles. The summed E-state index contributed by atoms with van der Waals surface area (Å²) < 4.78 is 13.4. The summed E-state index contributed by atoms with van der Waals surface area (Å²) >= 11 is 0. The summed E-state index contributed by atoms with van der Waals surface area (Å²) in [5.41, 5.74) is 0.592. The molecule has 1 amide bonds. The smallest absolute Gasteiger partial charge is 0.326 e. The minimum absolute atomic E-state index is 0.144. The fourth-order valence-electron chi connectivity index (χ4n) is 1.88. The molecule has 0 aliphatic heterocycles. The van der Waals surface area contributed by atoms with Crippen molar-refractivity contribution in [2.24, 2.45) is 5.92 Å². The standard InChI is InChI=1S/C14H16FNO3/c1-8-2-5-10(7-11(8)15)13(17)16-12(14(18)19)6-9-3-4-9/h2,5,7,9,12H,3-4,6H2,1H3,(H,16,17)(H,18,19). The molecule has 5 heteroatoms. The molecule has 0 spiro atoms. The number of aliphatic carboxylic acids is 1. The monoisotopic (exact) mass is 265 g/mol. The van der Waals surface area contributed by atoms with E-state index in [-0.39, 0.29) is 5.56 Å². The first-order chi connectivity index (χ1) is 8.97. The molecule has 1 aliphatic rings. The lowest BCUT2D eigenvalue weighted by molar-refractivity contribution is -0.139. The molecule has 1 aliphatic carbocycles. The molecular formula is C14H16FNO3. The molecule has 102 valence electrons. The maximum Gasteiger partial charge on any atom is 0.326 e. The number of rotatable bonds is 5. The van der Waals surface area contributed by atoms with Gasteiger partial charge in [-0.25, -0.2) is 9.18 Å². The van der Waals surface area contributed by atoms with Crippen LogP contribution in [0.2, 0.25) is 0 Å². The van der Waals surface area contributed by atoms with Gasteiger partial charge >= 0.3 is 5.97 Å². The molecule has 0 aromatic heterocycles. The van der Waals surface area contributed by atoms with E-state index in [0.717, 1.165) is 18.9 Å². The normalized spacial score (nSPS) is 15.9. The molecule has 2 rings (SSSR count). The van der Waals surface area contributed by atoms with Crippen molar-refractivity contribution in [1.82, 2.24) is 5.32 Å². The van der Waals surface area contributed by atoms with E-state index in [4.69, 9.17) is 5.11 Å². The van der Waals surface area contributed by atoms with Crippen molar-refractivity contribution in [2.45, 2.75) is 32.2 Å². The Bertz CT molecular complexity index is 511. The van der Waals surface area contributed by atoms with Gasteiger partial charge in [-0.05, 0) is 37.0 Å². The van der Waals surface area contributed by atoms with Crippen LogP contribution in [0.25, 0.3) is 0 Å². The summed E-state index contributed by atoms with van der Waals surface area (Å²) in [5.74, 6) is -1.68. The fraction of sp³-hybridized carbons (Fsp3) is 0.429. The molecule has 1 fully saturated rings. The lowest BCUT2D eigenvalue weighted by Crippen LogP contribution is -2.41. The first-order valence-corrected chi connectivity index (χ1v) is 6.27. The molecule has 19 heavy (non-hydrogen) atoms. The summed E-state index contributed by atoms with van der Waals surface area (Å²) in [6.45, 7) is 1.60. The van der Waals surface area contributed by atoms with Gasteiger partial charge in [0, 0.05) is 5.56 Å². The second-order valence-corrected chi connectivity index (χ2v) is 5.01. The Morgan fingerprint density at radius 2 is 2.16 bits per heavy atom. The maximum atomic E-state index is 13.4. The third-order valence-electron chi connectivity index (χ3n) is 3.30. The molecule has 1 unspecified atom stereocenters. The molecule has 2 N–H and O–H groups in total. The lowest BCUT2D eigenvalue weighted by atomic mass is 10.1. The molecule has 0 saturated heterocycles. The third kappa shape index (κ3) is 3.53. The van der Waals surface area contributed by atoms with E-state index in [1.165, 1.54) is 12.1 Å². The number of halogens is 1. The van der Waals surface area contributed by atoms with E-state index in [0.29, 0.717) is 17.9 Å². The topological polar surface area (TPSA) is 66.4 Å². The van der Waals surface area contributed by atoms with Crippen molar-refractivity contribution in [3.05, 3.63) is 35.1 Å². The van der Waals surface area contributed by atoms with Gasteiger partial charge in [-0.3, -0.25) is 4.79 Å². The second kappa shape index (κ2) is 5.38. The zero-order valence-electron chi connectivity index (χ0n) is 10.6. The van der Waals surface area contributed by atoms with Crippen molar-refractivity contribution < 1.29 is 19.1 Å². The average Bonchev–Trinajstić information content (AvgIpc) is 3.15. The van der Waals surface area contributed by atoms with Gasteiger partial charge in [-0.15, -0.1) is 0 Å². The minimum Gasteiger partial charge on any atom is -0.480 e. The second-order valence-electron chi connectivity index (χ2n) is 5.01. The van der Waals surface area contributed by atoms with Crippen LogP contribution in [0.3, 0.4) is 0 Å². The van der Waals surface area contributed by atoms with Crippen molar-refractivity contribution in [3.8, 4) is 0 Å². The largest absolute Gasteiger partial charge is 0.480 e. The number of hydrogen-bond acceptors (Lipinski definition) is 2. The Balaban J connectivity index is 2.05. The fourth-order valence-corrected chi connectivity index (χ4v) is 1.88. The number of aryl methyl sites for hydroxylation is 1. The van der Waals surface area contributed by atoms with Crippen LogP contribution < -0.4 is 5.32 Å². The summed E-state index contributed by atoms with van der Waals surface area (Å²) in [5, 5.41) is 11.5. The number of amides is 1. The molecule has 0 radical (unpaired) electrons. The Labute approximate surface area is 110 Å². The van der Waals surface area contributed by atoms with Crippen LogP contribution in [0.15, 0.2) is 18.2 Å². The lowest BCUT2D eigenvalue weighted by Gasteiger charge is -2.14. The zero-order valence-corrected chi connectivity index (χ0v) is 10.6. The van der Waals surface area contributed by atoms with Crippen molar-refractivity contribution in [1.29, 1.82) is 0 Å². The molecule has 1 aromatic carbocycles. The number of carbonyl (C=O) groups excluding carboxylic acids is 1. The van der Waals surface area contributed by atoms with E-state index in [1.54, 1.807) is 6.92 Å². The number of carboxylic acid groups (broad SMARTS) is 1. The van der Waals surface area contributed by atoms with E-state index in [9.17, 15) is 14.0 Å². The molecule has 1 aromatic rings. The summed E-state index contributed by atoms with van der Waals surface area (Å²) in [4.78, 5) is 22.9. The summed E-state index contributed by atoms with van der Waals surface area (Å²) in [6, 6.07) is 3.22. The van der Waals surface area contributed by atoms with Crippen LogP contribution in [-0.4, -0.2) is 23.0 Å². The van der Waals surface area contributed by atoms with Gasteiger partial charge in [0.15, 0.2) is 0 Å². The number of nitrogens with one attached hydrogen (secondary N) is 1. The van der Waals surface area contributed by atoms with Crippen LogP contribution in [-0.2, 0) is 4.79 Å². The SMILES string of the molecule is Cc1ccc(C(=O)NC(CC2CC2)C(=O)O)cc1F. The van der Waals surface area contributed by atoms with Crippen molar-refractivity contribution >= 4 is 11.9 Å². The highest BCUT2D eigenvalue weighted by Gasteiger charge is 2.30. The highest BCUT2D eigenvalue weighted by molar-refractivity contribution is 5.96. The van der Waals surface area contributed by atoms with Gasteiger partial charge in [0.1, 0.15) is 11.9 Å². The predicted molar refractivity (Wildman–Crippen MR) is 67.4 cm³/mol. The van der Waals surface area contributed by atoms with Crippen LogP contribution in [0, 0.1) is 18.7 Å². The van der Waals surface area contributed by atoms with E-state index >= 15 is 0 Å². The predicted octanol–water partition coefficient (Wildman–Crippen LogP) is 2.12. The third-order valence-corrected chi connectivity index (χ3v) is 3.30. The van der Waals surface area contributed by atoms with Gasteiger partial charge in [-0.1, -0.05) is 18.9 Å². The van der Waals surface area contributed by atoms with E-state index < -0.39 is 23.7 Å². The molecular weight excluding hydrogens is 249 g/mol. The highest BCUT2D eigenvalue weighted by Crippen LogP contribution is 2.33. The molecule has 1 saturated carbocycles. The van der Waals surface area contributed by atoms with Crippen LogP contribution >= 0.6 is 0 Å².